The van der Waals surface area contributed by atoms with Crippen LogP contribution in [-0.4, -0.2) is 44.3 Å². The lowest BCUT2D eigenvalue weighted by Crippen LogP contribution is -2.53. The molecule has 0 fully saturated rings. The summed E-state index contributed by atoms with van der Waals surface area (Å²) in [5, 5.41) is 3.74. The van der Waals surface area contributed by atoms with E-state index in [4.69, 9.17) is 23.2 Å². The van der Waals surface area contributed by atoms with Gasteiger partial charge in [-0.1, -0.05) is 109 Å². The molecule has 4 rings (SSSR count). The standard InChI is InChI=1S/C35H37Cl2N3O4S/c1-3-4-21-38-35(42)33(22-27-11-7-5-8-12-27)39(24-28-17-18-29(36)23-32(28)37)34(41)25-40(30-13-9-6-10-14-30)45(43,44)31-19-15-26(2)16-20-31/h5-20,23,33H,3-4,21-22,24-25H2,1-2H3,(H,38,42). The molecular weight excluding hydrogens is 629 g/mol. The third-order valence-corrected chi connectivity index (χ3v) is 9.76. The fourth-order valence-corrected chi connectivity index (χ4v) is 6.74. The van der Waals surface area contributed by atoms with Crippen LogP contribution in [0.4, 0.5) is 5.69 Å². The topological polar surface area (TPSA) is 86.8 Å². The predicted molar refractivity (Wildman–Crippen MR) is 181 cm³/mol. The number of para-hydroxylation sites is 1. The second-order valence-corrected chi connectivity index (χ2v) is 13.5. The van der Waals surface area contributed by atoms with Crippen LogP contribution in [0.1, 0.15) is 36.5 Å². The lowest BCUT2D eigenvalue weighted by Gasteiger charge is -2.34. The van der Waals surface area contributed by atoms with E-state index in [1.54, 1.807) is 60.7 Å². The molecule has 7 nitrogen and oxygen atoms in total. The van der Waals surface area contributed by atoms with Crippen molar-refractivity contribution in [3.63, 3.8) is 0 Å². The van der Waals surface area contributed by atoms with Crippen LogP contribution in [0.2, 0.25) is 10.0 Å². The summed E-state index contributed by atoms with van der Waals surface area (Å²) >= 11 is 12.7. The molecule has 1 atom stereocenters. The molecule has 236 valence electrons. The van der Waals surface area contributed by atoms with Gasteiger partial charge in [-0.25, -0.2) is 8.42 Å². The van der Waals surface area contributed by atoms with Crippen molar-refractivity contribution < 1.29 is 18.0 Å². The molecule has 0 spiro atoms. The molecule has 0 aliphatic heterocycles. The van der Waals surface area contributed by atoms with Crippen LogP contribution in [0, 0.1) is 6.92 Å². The summed E-state index contributed by atoms with van der Waals surface area (Å²) in [6.45, 7) is 3.76. The van der Waals surface area contributed by atoms with Crippen molar-refractivity contribution in [1.29, 1.82) is 0 Å². The number of rotatable bonds is 14. The van der Waals surface area contributed by atoms with E-state index in [1.807, 2.05) is 44.2 Å². The van der Waals surface area contributed by atoms with E-state index in [2.05, 4.69) is 5.32 Å². The Hall–Kier alpha value is -3.85. The SMILES string of the molecule is CCCCNC(=O)C(Cc1ccccc1)N(Cc1ccc(Cl)cc1Cl)C(=O)CN(c1ccccc1)S(=O)(=O)c1ccc(C)cc1. The Morgan fingerprint density at radius 3 is 2.13 bits per heavy atom. The molecular formula is C35H37Cl2N3O4S. The third-order valence-electron chi connectivity index (χ3n) is 7.39. The van der Waals surface area contributed by atoms with Crippen molar-refractivity contribution in [2.75, 3.05) is 17.4 Å². The first kappa shape index (κ1) is 34.0. The van der Waals surface area contributed by atoms with Gasteiger partial charge in [-0.3, -0.25) is 13.9 Å². The molecule has 0 aliphatic rings. The van der Waals surface area contributed by atoms with Crippen LogP contribution in [0.3, 0.4) is 0 Å². The van der Waals surface area contributed by atoms with E-state index in [-0.39, 0.29) is 23.8 Å². The van der Waals surface area contributed by atoms with E-state index in [1.165, 1.54) is 17.0 Å². The van der Waals surface area contributed by atoms with Gasteiger partial charge in [0.15, 0.2) is 0 Å². The molecule has 2 amide bonds. The lowest BCUT2D eigenvalue weighted by molar-refractivity contribution is -0.140. The van der Waals surface area contributed by atoms with Crippen LogP contribution < -0.4 is 9.62 Å². The molecule has 0 saturated carbocycles. The van der Waals surface area contributed by atoms with E-state index in [9.17, 15) is 18.0 Å². The number of carbonyl (C=O) groups is 2. The second-order valence-electron chi connectivity index (χ2n) is 10.8. The van der Waals surface area contributed by atoms with Crippen molar-refractivity contribution in [2.24, 2.45) is 0 Å². The number of halogens is 2. The first-order valence-electron chi connectivity index (χ1n) is 14.8. The number of sulfonamides is 1. The number of anilines is 1. The molecule has 0 radical (unpaired) electrons. The van der Waals surface area contributed by atoms with Crippen LogP contribution in [0.25, 0.3) is 0 Å². The van der Waals surface area contributed by atoms with Crippen molar-refractivity contribution in [2.45, 2.75) is 50.6 Å². The third kappa shape index (κ3) is 9.10. The average molecular weight is 667 g/mol. The zero-order valence-electron chi connectivity index (χ0n) is 25.3. The summed E-state index contributed by atoms with van der Waals surface area (Å²) in [5.74, 6) is -0.898. The van der Waals surface area contributed by atoms with Gasteiger partial charge in [0.1, 0.15) is 12.6 Å². The fourth-order valence-electron chi connectivity index (χ4n) is 4.85. The molecule has 1 N–H and O–H groups in total. The highest BCUT2D eigenvalue weighted by Gasteiger charge is 2.34. The van der Waals surface area contributed by atoms with Gasteiger partial charge in [0.25, 0.3) is 10.0 Å². The van der Waals surface area contributed by atoms with Gasteiger partial charge < -0.3 is 10.2 Å². The number of aryl methyl sites for hydroxylation is 1. The Morgan fingerprint density at radius 2 is 1.51 bits per heavy atom. The number of hydrogen-bond donors (Lipinski definition) is 1. The summed E-state index contributed by atoms with van der Waals surface area (Å²) in [7, 11) is -4.17. The molecule has 4 aromatic carbocycles. The summed E-state index contributed by atoms with van der Waals surface area (Å²) in [4.78, 5) is 29.8. The highest BCUT2D eigenvalue weighted by atomic mass is 35.5. The monoisotopic (exact) mass is 665 g/mol. The van der Waals surface area contributed by atoms with Gasteiger partial charge in [-0.2, -0.15) is 0 Å². The Labute approximate surface area is 275 Å². The number of benzene rings is 4. The van der Waals surface area contributed by atoms with Gasteiger partial charge in [0, 0.05) is 29.6 Å². The van der Waals surface area contributed by atoms with Crippen LogP contribution in [0.5, 0.6) is 0 Å². The molecule has 0 bridgehead atoms. The zero-order chi connectivity index (χ0) is 32.4. The number of amides is 2. The minimum absolute atomic E-state index is 0.0409. The maximum absolute atomic E-state index is 14.5. The number of hydrogen-bond acceptors (Lipinski definition) is 4. The maximum Gasteiger partial charge on any atom is 0.264 e. The number of carbonyl (C=O) groups excluding carboxylic acids is 2. The average Bonchev–Trinajstić information content (AvgIpc) is 3.03. The van der Waals surface area contributed by atoms with Gasteiger partial charge in [0.2, 0.25) is 11.8 Å². The highest BCUT2D eigenvalue weighted by molar-refractivity contribution is 7.92. The minimum Gasteiger partial charge on any atom is -0.354 e. The Kier molecular flexibility index (Phi) is 12.0. The quantitative estimate of drug-likeness (QED) is 0.146. The number of unbranched alkanes of at least 4 members (excludes halogenated alkanes) is 1. The zero-order valence-corrected chi connectivity index (χ0v) is 27.7. The van der Waals surface area contributed by atoms with E-state index in [0.717, 1.165) is 28.3 Å². The summed E-state index contributed by atoms with van der Waals surface area (Å²) in [5.41, 5.74) is 2.64. The van der Waals surface area contributed by atoms with E-state index >= 15 is 0 Å². The number of nitrogens with one attached hydrogen (secondary N) is 1. The Morgan fingerprint density at radius 1 is 0.867 bits per heavy atom. The molecule has 0 aliphatic carbocycles. The second kappa shape index (κ2) is 15.9. The first-order valence-corrected chi connectivity index (χ1v) is 17.0. The van der Waals surface area contributed by atoms with Gasteiger partial charge in [-0.05, 0) is 60.9 Å². The first-order chi connectivity index (χ1) is 21.6. The van der Waals surface area contributed by atoms with Crippen molar-refractivity contribution in [3.05, 3.63) is 130 Å². The van der Waals surface area contributed by atoms with E-state index < -0.39 is 28.5 Å². The van der Waals surface area contributed by atoms with Crippen molar-refractivity contribution >= 4 is 50.7 Å². The molecule has 0 heterocycles. The minimum atomic E-state index is -4.17. The molecule has 0 saturated heterocycles. The van der Waals surface area contributed by atoms with E-state index in [0.29, 0.717) is 27.8 Å². The van der Waals surface area contributed by atoms with Crippen LogP contribution in [0.15, 0.2) is 108 Å². The van der Waals surface area contributed by atoms with Crippen molar-refractivity contribution in [3.8, 4) is 0 Å². The molecule has 4 aromatic rings. The van der Waals surface area contributed by atoms with Gasteiger partial charge in [-0.15, -0.1) is 0 Å². The summed E-state index contributed by atoms with van der Waals surface area (Å²) in [6, 6.07) is 28.3. The molecule has 10 heteroatoms. The molecule has 0 aromatic heterocycles. The van der Waals surface area contributed by atoms with Gasteiger partial charge >= 0.3 is 0 Å². The summed E-state index contributed by atoms with van der Waals surface area (Å²) in [6.07, 6.45) is 1.87. The highest BCUT2D eigenvalue weighted by Crippen LogP contribution is 2.27. The van der Waals surface area contributed by atoms with Crippen molar-refractivity contribution in [1.82, 2.24) is 10.2 Å². The fraction of sp³-hybridized carbons (Fsp3) is 0.257. The Bertz CT molecular complexity index is 1690. The molecule has 1 unspecified atom stereocenters. The lowest BCUT2D eigenvalue weighted by atomic mass is 10.0. The largest absolute Gasteiger partial charge is 0.354 e. The number of nitrogens with zero attached hydrogens (tertiary/aromatic N) is 2. The van der Waals surface area contributed by atoms with Crippen LogP contribution >= 0.6 is 23.2 Å². The van der Waals surface area contributed by atoms with Gasteiger partial charge in [0.05, 0.1) is 10.6 Å². The summed E-state index contributed by atoms with van der Waals surface area (Å²) < 4.78 is 29.2. The Balaban J connectivity index is 1.79. The van der Waals surface area contributed by atoms with Crippen LogP contribution in [-0.2, 0) is 32.6 Å². The molecule has 45 heavy (non-hydrogen) atoms. The normalized spacial score (nSPS) is 11.9. The predicted octanol–water partition coefficient (Wildman–Crippen LogP) is 7.05. The smallest absolute Gasteiger partial charge is 0.264 e. The maximum atomic E-state index is 14.5.